The summed E-state index contributed by atoms with van der Waals surface area (Å²) in [4.78, 5) is 24.3. The molecule has 2 aromatic heterocycles. The molecule has 2 N–H and O–H groups in total. The van der Waals surface area contributed by atoms with Gasteiger partial charge in [0.25, 0.3) is 5.91 Å². The van der Waals surface area contributed by atoms with Crippen LogP contribution in [0, 0.1) is 0 Å². The number of aromatic nitrogens is 2. The molecule has 0 fully saturated rings. The average molecular weight is 598 g/mol. The summed E-state index contributed by atoms with van der Waals surface area (Å²) in [5.41, 5.74) is 2.33. The van der Waals surface area contributed by atoms with E-state index in [1.165, 1.54) is 35.6 Å². The van der Waals surface area contributed by atoms with E-state index in [1.54, 1.807) is 41.1 Å². The number of benzene rings is 2. The molecule has 0 aliphatic heterocycles. The monoisotopic (exact) mass is 597 g/mol. The second-order valence-corrected chi connectivity index (χ2v) is 10.4. The zero-order valence-corrected chi connectivity index (χ0v) is 22.5. The molecular formula is C26H20Cl2F3N3O4S. The molecule has 4 aromatic rings. The number of nitrogens with zero attached hydrogens (tertiary/aromatic N) is 2. The van der Waals surface area contributed by atoms with Gasteiger partial charge < -0.3 is 15.2 Å². The highest BCUT2D eigenvalue weighted by Gasteiger charge is 2.31. The number of alkyl halides is 3. The highest BCUT2D eigenvalue weighted by Crippen LogP contribution is 2.35. The molecule has 1 atom stereocenters. The summed E-state index contributed by atoms with van der Waals surface area (Å²) >= 11 is 13.6. The highest BCUT2D eigenvalue weighted by atomic mass is 35.5. The van der Waals surface area contributed by atoms with Crippen molar-refractivity contribution < 1.29 is 32.6 Å². The van der Waals surface area contributed by atoms with E-state index < -0.39 is 18.2 Å². The molecule has 0 saturated carbocycles. The van der Waals surface area contributed by atoms with Gasteiger partial charge in [0, 0.05) is 32.6 Å². The minimum absolute atomic E-state index is 0.000138. The number of ether oxygens (including phenoxy) is 1. The number of carboxylic acid groups (broad SMARTS) is 1. The Hall–Kier alpha value is -3.54. The average Bonchev–Trinajstić information content (AvgIpc) is 3.51. The number of carboxylic acids is 1. The first-order valence-electron chi connectivity index (χ1n) is 11.4. The molecule has 0 spiro atoms. The Kier molecular flexibility index (Phi) is 8.53. The number of carbonyl (C=O) groups is 2. The van der Waals surface area contributed by atoms with Gasteiger partial charge in [-0.15, -0.1) is 24.5 Å². The van der Waals surface area contributed by atoms with Crippen molar-refractivity contribution in [2.24, 2.45) is 0 Å². The summed E-state index contributed by atoms with van der Waals surface area (Å²) in [7, 11) is 0. The Morgan fingerprint density at radius 3 is 2.33 bits per heavy atom. The Morgan fingerprint density at radius 2 is 1.72 bits per heavy atom. The fourth-order valence-corrected chi connectivity index (χ4v) is 5.25. The third kappa shape index (κ3) is 7.31. The number of halogens is 5. The maximum Gasteiger partial charge on any atom is 0.573 e. The van der Waals surface area contributed by atoms with Crippen molar-refractivity contribution in [3.63, 3.8) is 0 Å². The SMILES string of the molecule is CC(c1ccc(C(=O)NCCC(=O)O)s1)n1nc(-c2cc(Cl)cc(Cl)c2)cc1-c1ccc(OC(F)(F)F)cc1. The van der Waals surface area contributed by atoms with Crippen molar-refractivity contribution in [1.82, 2.24) is 15.1 Å². The van der Waals surface area contributed by atoms with Crippen molar-refractivity contribution >= 4 is 46.4 Å². The van der Waals surface area contributed by atoms with Crippen molar-refractivity contribution in [2.75, 3.05) is 6.54 Å². The van der Waals surface area contributed by atoms with Crippen molar-refractivity contribution in [3.8, 4) is 28.3 Å². The Labute approximate surface area is 234 Å². The number of nitrogens with one attached hydrogen (secondary N) is 1. The molecule has 0 bridgehead atoms. The van der Waals surface area contributed by atoms with E-state index >= 15 is 0 Å². The van der Waals surface area contributed by atoms with Crippen LogP contribution in [-0.2, 0) is 4.79 Å². The Balaban J connectivity index is 1.69. The van der Waals surface area contributed by atoms with Crippen LogP contribution in [0.1, 0.15) is 33.9 Å². The number of thiophene rings is 1. The molecule has 0 saturated heterocycles. The van der Waals surface area contributed by atoms with Gasteiger partial charge in [-0.1, -0.05) is 23.2 Å². The van der Waals surface area contributed by atoms with Crippen LogP contribution in [0.4, 0.5) is 13.2 Å². The summed E-state index contributed by atoms with van der Waals surface area (Å²) in [6, 6.07) is 15.2. The van der Waals surface area contributed by atoms with Gasteiger partial charge in [-0.05, 0) is 67.6 Å². The molecule has 204 valence electrons. The minimum atomic E-state index is -4.81. The molecule has 0 aliphatic rings. The molecule has 13 heteroatoms. The van der Waals surface area contributed by atoms with E-state index in [4.69, 9.17) is 33.4 Å². The van der Waals surface area contributed by atoms with E-state index in [1.807, 2.05) is 6.92 Å². The molecule has 2 aromatic carbocycles. The lowest BCUT2D eigenvalue weighted by atomic mass is 10.1. The van der Waals surface area contributed by atoms with E-state index in [9.17, 15) is 22.8 Å². The lowest BCUT2D eigenvalue weighted by Crippen LogP contribution is -2.25. The summed E-state index contributed by atoms with van der Waals surface area (Å²) in [6.07, 6.45) is -5.01. The van der Waals surface area contributed by atoms with Crippen molar-refractivity contribution in [1.29, 1.82) is 0 Å². The summed E-state index contributed by atoms with van der Waals surface area (Å²) in [6.45, 7) is 1.87. The van der Waals surface area contributed by atoms with Crippen molar-refractivity contribution in [2.45, 2.75) is 25.7 Å². The fraction of sp³-hybridized carbons (Fsp3) is 0.192. The molecule has 1 unspecified atom stereocenters. The standard InChI is InChI=1S/C26H20Cl2F3N3O4S/c1-14(22-6-7-23(39-22)25(37)32-9-8-24(35)36)34-21(15-2-4-19(5-3-15)38-26(29,30)31)13-20(33-34)16-10-17(27)12-18(28)11-16/h2-7,10-14H,8-9H2,1H3,(H,32,37)(H,35,36). The van der Waals surface area contributed by atoms with Gasteiger partial charge in [0.1, 0.15) is 5.75 Å². The summed E-state index contributed by atoms with van der Waals surface area (Å²) < 4.78 is 43.6. The van der Waals surface area contributed by atoms with Crippen LogP contribution in [-0.4, -0.2) is 39.7 Å². The lowest BCUT2D eigenvalue weighted by molar-refractivity contribution is -0.274. The third-order valence-corrected chi connectivity index (χ3v) is 7.22. The second kappa shape index (κ2) is 11.7. The molecule has 0 radical (unpaired) electrons. The van der Waals surface area contributed by atoms with Crippen LogP contribution in [0.5, 0.6) is 5.75 Å². The molecular weight excluding hydrogens is 578 g/mol. The fourth-order valence-electron chi connectivity index (χ4n) is 3.77. The number of carbonyl (C=O) groups excluding carboxylic acids is 1. The van der Waals surface area contributed by atoms with Crippen LogP contribution in [0.25, 0.3) is 22.5 Å². The van der Waals surface area contributed by atoms with E-state index in [2.05, 4.69) is 10.1 Å². The first-order chi connectivity index (χ1) is 18.4. The number of hydrogen-bond acceptors (Lipinski definition) is 5. The topological polar surface area (TPSA) is 93.5 Å². The molecule has 4 rings (SSSR count). The van der Waals surface area contributed by atoms with Crippen LogP contribution >= 0.6 is 34.5 Å². The first kappa shape index (κ1) is 28.5. The van der Waals surface area contributed by atoms with Gasteiger partial charge in [0.15, 0.2) is 0 Å². The zero-order valence-electron chi connectivity index (χ0n) is 20.1. The van der Waals surface area contributed by atoms with Crippen molar-refractivity contribution in [3.05, 3.63) is 80.5 Å². The number of amides is 1. The predicted octanol–water partition coefficient (Wildman–Crippen LogP) is 7.30. The quantitative estimate of drug-likeness (QED) is 0.211. The highest BCUT2D eigenvalue weighted by molar-refractivity contribution is 7.14. The minimum Gasteiger partial charge on any atom is -0.481 e. The number of rotatable bonds is 9. The van der Waals surface area contributed by atoms with Crippen LogP contribution in [0.15, 0.2) is 60.7 Å². The van der Waals surface area contributed by atoms with E-state index in [0.717, 1.165) is 4.88 Å². The molecule has 2 heterocycles. The molecule has 7 nitrogen and oxygen atoms in total. The van der Waals surface area contributed by atoms with Gasteiger partial charge in [0.05, 0.1) is 28.7 Å². The molecule has 0 aliphatic carbocycles. The number of hydrogen-bond donors (Lipinski definition) is 2. The number of aliphatic carboxylic acids is 1. The maximum absolute atomic E-state index is 12.6. The largest absolute Gasteiger partial charge is 0.573 e. The van der Waals surface area contributed by atoms with Crippen LogP contribution in [0.2, 0.25) is 10.0 Å². The lowest BCUT2D eigenvalue weighted by Gasteiger charge is -2.15. The van der Waals surface area contributed by atoms with Gasteiger partial charge in [-0.2, -0.15) is 5.10 Å². The van der Waals surface area contributed by atoms with Gasteiger partial charge >= 0.3 is 12.3 Å². The Bertz CT molecular complexity index is 1480. The van der Waals surface area contributed by atoms with E-state index in [-0.39, 0.29) is 24.8 Å². The Morgan fingerprint density at radius 1 is 1.05 bits per heavy atom. The first-order valence-corrected chi connectivity index (χ1v) is 13.0. The molecule has 1 amide bonds. The summed E-state index contributed by atoms with van der Waals surface area (Å²) in [5, 5.41) is 16.9. The predicted molar refractivity (Wildman–Crippen MR) is 143 cm³/mol. The third-order valence-electron chi connectivity index (χ3n) is 5.53. The normalized spacial score (nSPS) is 12.3. The van der Waals surface area contributed by atoms with E-state index in [0.29, 0.717) is 37.4 Å². The second-order valence-electron chi connectivity index (χ2n) is 8.37. The maximum atomic E-state index is 12.6. The van der Waals surface area contributed by atoms with Gasteiger partial charge in [-0.25, -0.2) is 0 Å². The molecule has 39 heavy (non-hydrogen) atoms. The van der Waals surface area contributed by atoms with Crippen LogP contribution < -0.4 is 10.1 Å². The van der Waals surface area contributed by atoms with Gasteiger partial charge in [0.2, 0.25) is 0 Å². The van der Waals surface area contributed by atoms with Crippen LogP contribution in [0.3, 0.4) is 0 Å². The summed E-state index contributed by atoms with van der Waals surface area (Å²) in [5.74, 6) is -1.77. The zero-order chi connectivity index (χ0) is 28.3. The smallest absolute Gasteiger partial charge is 0.481 e. The van der Waals surface area contributed by atoms with Gasteiger partial charge in [-0.3, -0.25) is 14.3 Å².